The van der Waals surface area contributed by atoms with Crippen LogP contribution in [0.15, 0.2) is 47.6 Å². The maximum absolute atomic E-state index is 11.7. The van der Waals surface area contributed by atoms with E-state index in [9.17, 15) is 4.79 Å². The zero-order valence-electron chi connectivity index (χ0n) is 14.1. The smallest absolute Gasteiger partial charge is 0.437 e. The fourth-order valence-corrected chi connectivity index (χ4v) is 2.69. The van der Waals surface area contributed by atoms with Gasteiger partial charge in [0.15, 0.2) is 0 Å². The highest BCUT2D eigenvalue weighted by Gasteiger charge is 2.26. The van der Waals surface area contributed by atoms with E-state index in [-0.39, 0.29) is 5.60 Å². The molecule has 0 fully saturated rings. The van der Waals surface area contributed by atoms with Crippen molar-refractivity contribution in [3.63, 3.8) is 0 Å². The Bertz CT molecular complexity index is 801. The SMILES string of the molecule is CC1(C)CCc2cc(/C=N/OC(=O)Nc3ccc(Cl)cc3)ccc2O1. The van der Waals surface area contributed by atoms with Crippen molar-refractivity contribution >= 4 is 29.6 Å². The molecule has 3 rings (SSSR count). The highest BCUT2D eigenvalue weighted by atomic mass is 35.5. The van der Waals surface area contributed by atoms with Gasteiger partial charge in [0.2, 0.25) is 0 Å². The molecule has 0 saturated carbocycles. The van der Waals surface area contributed by atoms with Crippen LogP contribution < -0.4 is 10.1 Å². The fourth-order valence-electron chi connectivity index (χ4n) is 2.57. The first-order valence-corrected chi connectivity index (χ1v) is 8.38. The number of benzene rings is 2. The van der Waals surface area contributed by atoms with E-state index in [0.717, 1.165) is 29.7 Å². The minimum atomic E-state index is -0.665. The van der Waals surface area contributed by atoms with E-state index in [4.69, 9.17) is 21.2 Å². The summed E-state index contributed by atoms with van der Waals surface area (Å²) in [6, 6.07) is 12.5. The van der Waals surface area contributed by atoms with Crippen LogP contribution in [0.1, 0.15) is 31.4 Å². The van der Waals surface area contributed by atoms with Gasteiger partial charge in [-0.15, -0.1) is 0 Å². The molecule has 130 valence electrons. The van der Waals surface area contributed by atoms with Crippen LogP contribution in [0.2, 0.25) is 5.02 Å². The number of hydrogen-bond donors (Lipinski definition) is 1. The van der Waals surface area contributed by atoms with Gasteiger partial charge in [0, 0.05) is 10.7 Å². The summed E-state index contributed by atoms with van der Waals surface area (Å²) in [7, 11) is 0. The van der Waals surface area contributed by atoms with Crippen LogP contribution in [-0.4, -0.2) is 17.9 Å². The zero-order valence-corrected chi connectivity index (χ0v) is 14.8. The maximum Gasteiger partial charge on any atom is 0.437 e. The number of nitrogens with zero attached hydrogens (tertiary/aromatic N) is 1. The van der Waals surface area contributed by atoms with Gasteiger partial charge in [0.25, 0.3) is 0 Å². The molecule has 1 aliphatic rings. The zero-order chi connectivity index (χ0) is 17.9. The third kappa shape index (κ3) is 4.73. The molecule has 2 aromatic rings. The number of ether oxygens (including phenoxy) is 1. The average molecular weight is 359 g/mol. The number of nitrogens with one attached hydrogen (secondary N) is 1. The normalized spacial score (nSPS) is 15.3. The van der Waals surface area contributed by atoms with Crippen molar-refractivity contribution in [2.45, 2.75) is 32.3 Å². The van der Waals surface area contributed by atoms with Crippen molar-refractivity contribution in [2.75, 3.05) is 5.32 Å². The summed E-state index contributed by atoms with van der Waals surface area (Å²) < 4.78 is 5.94. The minimum absolute atomic E-state index is 0.133. The molecule has 2 aromatic carbocycles. The highest BCUT2D eigenvalue weighted by Crippen LogP contribution is 2.33. The van der Waals surface area contributed by atoms with Gasteiger partial charge in [-0.2, -0.15) is 0 Å². The van der Waals surface area contributed by atoms with Crippen LogP contribution in [0.25, 0.3) is 0 Å². The lowest BCUT2D eigenvalue weighted by Crippen LogP contribution is -2.32. The predicted octanol–water partition coefficient (Wildman–Crippen LogP) is 5.03. The molecule has 25 heavy (non-hydrogen) atoms. The standard InChI is InChI=1S/C19H19ClN2O3/c1-19(2)10-9-14-11-13(3-8-17(14)24-19)12-21-25-18(23)22-16-6-4-15(20)5-7-16/h3-8,11-12H,9-10H2,1-2H3,(H,22,23)/b21-12+. The Hall–Kier alpha value is -2.53. The number of hydrogen-bond acceptors (Lipinski definition) is 4. The van der Waals surface area contributed by atoms with E-state index in [1.807, 2.05) is 18.2 Å². The number of carbonyl (C=O) groups excluding carboxylic acids is 1. The Labute approximate surface area is 151 Å². The molecule has 1 amide bonds. The third-order valence-corrected chi connectivity index (χ3v) is 4.15. The summed E-state index contributed by atoms with van der Waals surface area (Å²) in [6.45, 7) is 4.16. The maximum atomic E-state index is 11.7. The largest absolute Gasteiger partial charge is 0.488 e. The van der Waals surface area contributed by atoms with E-state index in [2.05, 4.69) is 24.3 Å². The number of fused-ring (bicyclic) bond motifs is 1. The number of rotatable bonds is 3. The summed E-state index contributed by atoms with van der Waals surface area (Å²) in [6.07, 6.45) is 2.74. The molecule has 1 aliphatic heterocycles. The van der Waals surface area contributed by atoms with Gasteiger partial charge in [-0.3, -0.25) is 10.2 Å². The number of carbonyl (C=O) groups is 1. The number of aryl methyl sites for hydroxylation is 1. The van der Waals surface area contributed by atoms with Gasteiger partial charge in [-0.1, -0.05) is 16.8 Å². The molecule has 6 heteroatoms. The number of halogens is 1. The Morgan fingerprint density at radius 2 is 2.04 bits per heavy atom. The number of oxime groups is 1. The lowest BCUT2D eigenvalue weighted by molar-refractivity contribution is 0.0847. The first-order valence-electron chi connectivity index (χ1n) is 8.00. The van der Waals surface area contributed by atoms with Crippen molar-refractivity contribution in [1.29, 1.82) is 0 Å². The Morgan fingerprint density at radius 3 is 2.80 bits per heavy atom. The Kier molecular flexibility index (Phi) is 4.95. The third-order valence-electron chi connectivity index (χ3n) is 3.90. The summed E-state index contributed by atoms with van der Waals surface area (Å²) in [5.74, 6) is 0.898. The van der Waals surface area contributed by atoms with Crippen LogP contribution in [0.4, 0.5) is 10.5 Å². The van der Waals surface area contributed by atoms with Crippen molar-refractivity contribution in [1.82, 2.24) is 0 Å². The van der Waals surface area contributed by atoms with Crippen molar-refractivity contribution in [3.05, 3.63) is 58.6 Å². The molecule has 0 unspecified atom stereocenters. The molecule has 1 N–H and O–H groups in total. The Balaban J connectivity index is 1.57. The molecule has 1 heterocycles. The van der Waals surface area contributed by atoms with Gasteiger partial charge in [0.05, 0.1) is 6.21 Å². The summed E-state index contributed by atoms with van der Waals surface area (Å²) >= 11 is 5.79. The van der Waals surface area contributed by atoms with Gasteiger partial charge in [0.1, 0.15) is 11.4 Å². The molecule has 0 radical (unpaired) electrons. The topological polar surface area (TPSA) is 59.9 Å². The van der Waals surface area contributed by atoms with Crippen molar-refractivity contribution in [3.8, 4) is 5.75 Å². The van der Waals surface area contributed by atoms with Crippen LogP contribution in [0.5, 0.6) is 5.75 Å². The molecule has 0 saturated heterocycles. The van der Waals surface area contributed by atoms with E-state index < -0.39 is 6.09 Å². The second kappa shape index (κ2) is 7.15. The molecule has 0 aromatic heterocycles. The second-order valence-corrected chi connectivity index (χ2v) is 6.91. The van der Waals surface area contributed by atoms with Gasteiger partial charge >= 0.3 is 6.09 Å². The van der Waals surface area contributed by atoms with Crippen LogP contribution in [-0.2, 0) is 11.3 Å². The Morgan fingerprint density at radius 1 is 1.28 bits per heavy atom. The first-order chi connectivity index (χ1) is 11.9. The van der Waals surface area contributed by atoms with Gasteiger partial charge in [-0.05, 0) is 80.3 Å². The monoisotopic (exact) mass is 358 g/mol. The number of amides is 1. The molecule has 0 bridgehead atoms. The average Bonchev–Trinajstić information content (AvgIpc) is 2.56. The predicted molar refractivity (Wildman–Crippen MR) is 98.6 cm³/mol. The van der Waals surface area contributed by atoms with Crippen LogP contribution >= 0.6 is 11.6 Å². The lowest BCUT2D eigenvalue weighted by Gasteiger charge is -2.32. The number of anilines is 1. The van der Waals surface area contributed by atoms with Gasteiger partial charge < -0.3 is 4.74 Å². The molecular formula is C19H19ClN2O3. The van der Waals surface area contributed by atoms with Crippen molar-refractivity contribution < 1.29 is 14.4 Å². The molecule has 0 atom stereocenters. The quantitative estimate of drug-likeness (QED) is 0.475. The highest BCUT2D eigenvalue weighted by molar-refractivity contribution is 6.30. The van der Waals surface area contributed by atoms with Crippen LogP contribution in [0, 0.1) is 0 Å². The summed E-state index contributed by atoms with van der Waals surface area (Å²) in [5.41, 5.74) is 2.43. The van der Waals surface area contributed by atoms with E-state index in [1.54, 1.807) is 24.3 Å². The van der Waals surface area contributed by atoms with Gasteiger partial charge in [-0.25, -0.2) is 4.79 Å². The summed E-state index contributed by atoms with van der Waals surface area (Å²) in [4.78, 5) is 16.5. The van der Waals surface area contributed by atoms with E-state index >= 15 is 0 Å². The van der Waals surface area contributed by atoms with E-state index in [0.29, 0.717) is 10.7 Å². The minimum Gasteiger partial charge on any atom is -0.488 e. The van der Waals surface area contributed by atoms with Crippen LogP contribution in [0.3, 0.4) is 0 Å². The van der Waals surface area contributed by atoms with E-state index in [1.165, 1.54) is 6.21 Å². The first kappa shape index (κ1) is 17.3. The van der Waals surface area contributed by atoms with Crippen molar-refractivity contribution in [2.24, 2.45) is 5.16 Å². The second-order valence-electron chi connectivity index (χ2n) is 6.47. The lowest BCUT2D eigenvalue weighted by atomic mass is 9.93. The molecule has 5 nitrogen and oxygen atoms in total. The molecule has 0 aliphatic carbocycles. The molecule has 0 spiro atoms. The summed E-state index contributed by atoms with van der Waals surface area (Å²) in [5, 5.41) is 6.88. The molecular weight excluding hydrogens is 340 g/mol. The fraction of sp³-hybridized carbons (Fsp3) is 0.263.